The van der Waals surface area contributed by atoms with E-state index in [0.29, 0.717) is 0 Å². The number of thioether (sulfide) groups is 1. The molecule has 1 aromatic rings. The van der Waals surface area contributed by atoms with Crippen molar-refractivity contribution in [1.82, 2.24) is 9.78 Å². The van der Waals surface area contributed by atoms with Gasteiger partial charge in [0.15, 0.2) is 5.03 Å². The number of nitrogens with zero attached hydrogens (tertiary/aromatic N) is 3. The number of carbonyl (C=O) groups is 1. The van der Waals surface area contributed by atoms with Gasteiger partial charge in [-0.3, -0.25) is 19.6 Å². The molecule has 0 saturated carbocycles. The van der Waals surface area contributed by atoms with Crippen LogP contribution in [-0.2, 0) is 11.8 Å². The Hall–Kier alpha value is -1.57. The molecule has 0 saturated heterocycles. The quantitative estimate of drug-likeness (QED) is 0.474. The fourth-order valence-electron chi connectivity index (χ4n) is 0.959. The highest BCUT2D eigenvalue weighted by atomic mass is 32.2. The van der Waals surface area contributed by atoms with Gasteiger partial charge < -0.3 is 5.11 Å². The molecule has 0 aliphatic heterocycles. The Morgan fingerprint density at radius 2 is 2.44 bits per heavy atom. The average Bonchev–Trinajstić information content (AvgIpc) is 2.56. The largest absolute Gasteiger partial charge is 0.481 e. The van der Waals surface area contributed by atoms with Crippen molar-refractivity contribution in [3.63, 3.8) is 0 Å². The van der Waals surface area contributed by atoms with Crippen molar-refractivity contribution < 1.29 is 14.8 Å². The Bertz CT molecular complexity index is 417. The van der Waals surface area contributed by atoms with Gasteiger partial charge in [-0.25, -0.2) is 0 Å². The highest BCUT2D eigenvalue weighted by molar-refractivity contribution is 7.99. The third kappa shape index (κ3) is 2.96. The standard InChI is InChI=1S/C8H11N3O4S/c1-5(8(12)13)4-16-7-6(11(14)15)3-10(2)9-7/h3,5H,4H2,1-2H3,(H,12,13). The summed E-state index contributed by atoms with van der Waals surface area (Å²) < 4.78 is 1.34. The third-order valence-corrected chi connectivity index (χ3v) is 3.10. The molecule has 1 N–H and O–H groups in total. The first-order valence-electron chi connectivity index (χ1n) is 4.45. The average molecular weight is 245 g/mol. The molecule has 0 radical (unpaired) electrons. The summed E-state index contributed by atoms with van der Waals surface area (Å²) in [5.74, 6) is -1.23. The van der Waals surface area contributed by atoms with E-state index in [0.717, 1.165) is 11.8 Å². The highest BCUT2D eigenvalue weighted by Crippen LogP contribution is 2.28. The van der Waals surface area contributed by atoms with Gasteiger partial charge in [0.25, 0.3) is 0 Å². The van der Waals surface area contributed by atoms with Crippen LogP contribution in [0.15, 0.2) is 11.2 Å². The Labute approximate surface area is 95.6 Å². The number of aliphatic carboxylic acids is 1. The summed E-state index contributed by atoms with van der Waals surface area (Å²) in [5.41, 5.74) is -0.0925. The molecular formula is C8H11N3O4S. The van der Waals surface area contributed by atoms with Crippen LogP contribution in [0, 0.1) is 16.0 Å². The van der Waals surface area contributed by atoms with Gasteiger partial charge in [0, 0.05) is 12.8 Å². The minimum absolute atomic E-state index is 0.0925. The normalized spacial score (nSPS) is 12.4. The molecule has 0 amide bonds. The Balaban J connectivity index is 2.73. The first-order chi connectivity index (χ1) is 7.41. The van der Waals surface area contributed by atoms with E-state index < -0.39 is 16.8 Å². The number of aromatic nitrogens is 2. The maximum absolute atomic E-state index is 10.6. The van der Waals surface area contributed by atoms with E-state index in [2.05, 4.69) is 5.10 Å². The van der Waals surface area contributed by atoms with E-state index in [1.807, 2.05) is 0 Å². The minimum atomic E-state index is -0.925. The lowest BCUT2D eigenvalue weighted by Crippen LogP contribution is -2.11. The van der Waals surface area contributed by atoms with Crippen LogP contribution in [0.3, 0.4) is 0 Å². The molecule has 88 valence electrons. The lowest BCUT2D eigenvalue weighted by molar-refractivity contribution is -0.387. The van der Waals surface area contributed by atoms with Crippen molar-refractivity contribution in [3.8, 4) is 0 Å². The summed E-state index contributed by atoms with van der Waals surface area (Å²) in [7, 11) is 1.58. The molecule has 1 unspecified atom stereocenters. The van der Waals surface area contributed by atoms with Gasteiger partial charge in [-0.2, -0.15) is 5.10 Å². The van der Waals surface area contributed by atoms with Gasteiger partial charge >= 0.3 is 11.7 Å². The lowest BCUT2D eigenvalue weighted by atomic mass is 10.2. The Morgan fingerprint density at radius 1 is 1.81 bits per heavy atom. The van der Waals surface area contributed by atoms with Crippen molar-refractivity contribution in [1.29, 1.82) is 0 Å². The molecule has 0 spiro atoms. The number of rotatable bonds is 5. The lowest BCUT2D eigenvalue weighted by Gasteiger charge is -2.02. The summed E-state index contributed by atoms with van der Waals surface area (Å²) >= 11 is 1.08. The summed E-state index contributed by atoms with van der Waals surface area (Å²) in [4.78, 5) is 20.7. The molecular weight excluding hydrogens is 234 g/mol. The molecule has 0 bridgehead atoms. The number of hydrogen-bond acceptors (Lipinski definition) is 5. The SMILES string of the molecule is CC(CSc1nn(C)cc1[N+](=O)[O-])C(=O)O. The van der Waals surface area contributed by atoms with Crippen LogP contribution < -0.4 is 0 Å². The van der Waals surface area contributed by atoms with Crippen molar-refractivity contribution in [2.45, 2.75) is 11.9 Å². The van der Waals surface area contributed by atoms with E-state index in [4.69, 9.17) is 5.11 Å². The first-order valence-corrected chi connectivity index (χ1v) is 5.44. The molecule has 0 aliphatic rings. The minimum Gasteiger partial charge on any atom is -0.481 e. The van der Waals surface area contributed by atoms with Gasteiger partial charge in [-0.15, -0.1) is 0 Å². The fourth-order valence-corrected chi connectivity index (χ4v) is 1.97. The molecule has 1 rings (SSSR count). The van der Waals surface area contributed by atoms with E-state index in [9.17, 15) is 14.9 Å². The first kappa shape index (κ1) is 12.5. The molecule has 0 aromatic carbocycles. The third-order valence-electron chi connectivity index (χ3n) is 1.87. The molecule has 1 atom stereocenters. The van der Waals surface area contributed by atoms with Crippen LogP contribution in [0.2, 0.25) is 0 Å². The maximum atomic E-state index is 10.6. The van der Waals surface area contributed by atoms with Gasteiger partial charge in [-0.1, -0.05) is 18.7 Å². The molecule has 8 heteroatoms. The topological polar surface area (TPSA) is 98.3 Å². The van der Waals surface area contributed by atoms with Crippen LogP contribution in [-0.4, -0.2) is 31.5 Å². The van der Waals surface area contributed by atoms with Crippen molar-refractivity contribution in [2.24, 2.45) is 13.0 Å². The molecule has 1 heterocycles. The zero-order chi connectivity index (χ0) is 12.3. The number of nitro groups is 1. The molecule has 0 aliphatic carbocycles. The van der Waals surface area contributed by atoms with E-state index in [-0.39, 0.29) is 16.5 Å². The van der Waals surface area contributed by atoms with E-state index in [1.165, 1.54) is 10.9 Å². The van der Waals surface area contributed by atoms with Crippen LogP contribution in [0.1, 0.15) is 6.92 Å². The summed E-state index contributed by atoms with van der Waals surface area (Å²) in [6.45, 7) is 1.55. The maximum Gasteiger partial charge on any atom is 0.320 e. The second-order valence-corrected chi connectivity index (χ2v) is 4.31. The summed E-state index contributed by atoms with van der Waals surface area (Å²) in [6.07, 6.45) is 1.30. The monoisotopic (exact) mass is 245 g/mol. The number of aryl methyl sites for hydroxylation is 1. The van der Waals surface area contributed by atoms with E-state index in [1.54, 1.807) is 14.0 Å². The number of carboxylic acids is 1. The molecule has 1 aromatic heterocycles. The molecule has 0 fully saturated rings. The van der Waals surface area contributed by atoms with Gasteiger partial charge in [0.05, 0.1) is 10.8 Å². The van der Waals surface area contributed by atoms with Crippen LogP contribution in [0.5, 0.6) is 0 Å². The van der Waals surface area contributed by atoms with Gasteiger partial charge in [0.2, 0.25) is 0 Å². The Kier molecular flexibility index (Phi) is 3.88. The van der Waals surface area contributed by atoms with Gasteiger partial charge in [-0.05, 0) is 0 Å². The van der Waals surface area contributed by atoms with E-state index >= 15 is 0 Å². The van der Waals surface area contributed by atoms with Crippen molar-refractivity contribution in [2.75, 3.05) is 5.75 Å². The smallest absolute Gasteiger partial charge is 0.320 e. The highest BCUT2D eigenvalue weighted by Gasteiger charge is 2.21. The van der Waals surface area contributed by atoms with Crippen molar-refractivity contribution >= 4 is 23.4 Å². The van der Waals surface area contributed by atoms with Crippen molar-refractivity contribution in [3.05, 3.63) is 16.3 Å². The number of carboxylic acid groups (broad SMARTS) is 1. The predicted molar refractivity (Wildman–Crippen MR) is 57.4 cm³/mol. The summed E-state index contributed by atoms with van der Waals surface area (Å²) in [5, 5.41) is 23.5. The van der Waals surface area contributed by atoms with Crippen LogP contribution in [0.4, 0.5) is 5.69 Å². The molecule has 16 heavy (non-hydrogen) atoms. The zero-order valence-electron chi connectivity index (χ0n) is 8.78. The second-order valence-electron chi connectivity index (χ2n) is 3.30. The fraction of sp³-hybridized carbons (Fsp3) is 0.500. The predicted octanol–water partition coefficient (Wildman–Crippen LogP) is 1.14. The van der Waals surface area contributed by atoms with Crippen LogP contribution >= 0.6 is 11.8 Å². The molecule has 7 nitrogen and oxygen atoms in total. The Morgan fingerprint density at radius 3 is 2.94 bits per heavy atom. The van der Waals surface area contributed by atoms with Crippen LogP contribution in [0.25, 0.3) is 0 Å². The van der Waals surface area contributed by atoms with Gasteiger partial charge in [0.1, 0.15) is 6.20 Å². The summed E-state index contributed by atoms with van der Waals surface area (Å²) in [6, 6.07) is 0. The number of hydrogen-bond donors (Lipinski definition) is 1. The second kappa shape index (κ2) is 4.97. The zero-order valence-corrected chi connectivity index (χ0v) is 9.60.